The molecule has 3 fully saturated rings. The molecule has 1 aromatic rings. The van der Waals surface area contributed by atoms with E-state index < -0.39 is 0 Å². The van der Waals surface area contributed by atoms with Crippen molar-refractivity contribution in [3.05, 3.63) is 12.4 Å². The van der Waals surface area contributed by atoms with Crippen LogP contribution in [0.5, 0.6) is 0 Å². The smallest absolute Gasteiger partial charge is 0.134 e. The van der Waals surface area contributed by atoms with Gasteiger partial charge in [-0.1, -0.05) is 0 Å². The standard InChI is InChI=1S/C20H33N5O3/c1-24(2)11-16-9-17(26)12-25(16)19-10-18(21-14-22-19)23-15-3-5-20(6-4-15)13-27-7-8-28-20/h10,14-17,26H,3-9,11-13H2,1-2H3,(H,21,22,23)/t15?,16-,17-,20?/m1/s1. The molecule has 2 saturated heterocycles. The van der Waals surface area contributed by atoms with Gasteiger partial charge in [0.2, 0.25) is 0 Å². The molecule has 1 spiro atoms. The number of hydrogen-bond acceptors (Lipinski definition) is 8. The molecule has 3 heterocycles. The van der Waals surface area contributed by atoms with Crippen LogP contribution >= 0.6 is 0 Å². The second kappa shape index (κ2) is 8.49. The number of aromatic nitrogens is 2. The predicted octanol–water partition coefficient (Wildman–Crippen LogP) is 1.12. The summed E-state index contributed by atoms with van der Waals surface area (Å²) in [7, 11) is 4.12. The zero-order valence-corrected chi connectivity index (χ0v) is 17.0. The highest BCUT2D eigenvalue weighted by Crippen LogP contribution is 2.35. The van der Waals surface area contributed by atoms with Crippen molar-refractivity contribution in [2.24, 2.45) is 0 Å². The summed E-state index contributed by atoms with van der Waals surface area (Å²) in [6.45, 7) is 3.67. The van der Waals surface area contributed by atoms with Crippen molar-refractivity contribution in [2.75, 3.05) is 57.2 Å². The van der Waals surface area contributed by atoms with Gasteiger partial charge in [0.05, 0.1) is 31.5 Å². The first kappa shape index (κ1) is 19.8. The van der Waals surface area contributed by atoms with Crippen LogP contribution in [-0.4, -0.2) is 90.8 Å². The Hall–Kier alpha value is -1.48. The molecule has 28 heavy (non-hydrogen) atoms. The van der Waals surface area contributed by atoms with E-state index in [-0.39, 0.29) is 17.7 Å². The zero-order chi connectivity index (χ0) is 19.6. The van der Waals surface area contributed by atoms with Gasteiger partial charge in [-0.15, -0.1) is 0 Å². The minimum absolute atomic E-state index is 0.0711. The van der Waals surface area contributed by atoms with Gasteiger partial charge in [-0.05, 0) is 46.2 Å². The van der Waals surface area contributed by atoms with Gasteiger partial charge in [0.15, 0.2) is 0 Å². The van der Waals surface area contributed by atoms with Crippen LogP contribution in [0, 0.1) is 0 Å². The van der Waals surface area contributed by atoms with Crippen molar-refractivity contribution in [2.45, 2.75) is 55.9 Å². The van der Waals surface area contributed by atoms with Gasteiger partial charge >= 0.3 is 0 Å². The van der Waals surface area contributed by atoms with Gasteiger partial charge in [0.1, 0.15) is 18.0 Å². The SMILES string of the molecule is CN(C)C[C@H]1C[C@@H](O)CN1c1cc(NC2CCC3(CC2)COCCO3)ncn1. The summed E-state index contributed by atoms with van der Waals surface area (Å²) in [5.41, 5.74) is -0.0711. The first-order chi connectivity index (χ1) is 13.5. The fraction of sp³-hybridized carbons (Fsp3) is 0.800. The monoisotopic (exact) mass is 391 g/mol. The van der Waals surface area contributed by atoms with Crippen LogP contribution in [0.15, 0.2) is 12.4 Å². The lowest BCUT2D eigenvalue weighted by Gasteiger charge is -2.42. The lowest BCUT2D eigenvalue weighted by atomic mass is 9.82. The predicted molar refractivity (Wildman–Crippen MR) is 108 cm³/mol. The van der Waals surface area contributed by atoms with Crippen LogP contribution in [0.25, 0.3) is 0 Å². The van der Waals surface area contributed by atoms with Gasteiger partial charge in [0, 0.05) is 31.2 Å². The number of aliphatic hydroxyl groups excluding tert-OH is 1. The molecular formula is C20H33N5O3. The molecule has 0 amide bonds. The highest BCUT2D eigenvalue weighted by Gasteiger charge is 2.38. The first-order valence-electron chi connectivity index (χ1n) is 10.4. The summed E-state index contributed by atoms with van der Waals surface area (Å²) in [6.07, 6.45) is 6.24. The molecule has 1 saturated carbocycles. The van der Waals surface area contributed by atoms with E-state index in [9.17, 15) is 5.11 Å². The topological polar surface area (TPSA) is 83.0 Å². The third kappa shape index (κ3) is 4.56. The molecule has 1 aliphatic carbocycles. The van der Waals surface area contributed by atoms with Crippen LogP contribution in [0.1, 0.15) is 32.1 Å². The molecule has 8 heteroatoms. The maximum atomic E-state index is 10.2. The van der Waals surface area contributed by atoms with Crippen molar-refractivity contribution < 1.29 is 14.6 Å². The number of rotatable bonds is 5. The Bertz CT molecular complexity index is 642. The molecule has 2 aliphatic heterocycles. The van der Waals surface area contributed by atoms with E-state index in [0.717, 1.165) is 56.9 Å². The number of nitrogens with one attached hydrogen (secondary N) is 1. The molecule has 0 radical (unpaired) electrons. The first-order valence-corrected chi connectivity index (χ1v) is 10.4. The van der Waals surface area contributed by atoms with Gasteiger partial charge < -0.3 is 29.7 Å². The van der Waals surface area contributed by atoms with E-state index in [0.29, 0.717) is 25.8 Å². The van der Waals surface area contributed by atoms with Crippen LogP contribution < -0.4 is 10.2 Å². The van der Waals surface area contributed by atoms with E-state index in [1.807, 2.05) is 6.07 Å². The minimum Gasteiger partial charge on any atom is -0.391 e. The molecule has 156 valence electrons. The normalized spacial score (nSPS) is 33.6. The minimum atomic E-state index is -0.302. The molecule has 8 nitrogen and oxygen atoms in total. The molecule has 1 aromatic heterocycles. The molecule has 2 N–H and O–H groups in total. The second-order valence-electron chi connectivity index (χ2n) is 8.72. The average molecular weight is 392 g/mol. The Morgan fingerprint density at radius 3 is 2.82 bits per heavy atom. The highest BCUT2D eigenvalue weighted by atomic mass is 16.6. The van der Waals surface area contributed by atoms with Crippen molar-refractivity contribution >= 4 is 11.6 Å². The molecule has 0 bridgehead atoms. The quantitative estimate of drug-likeness (QED) is 0.773. The van der Waals surface area contributed by atoms with Crippen LogP contribution in [0.2, 0.25) is 0 Å². The van der Waals surface area contributed by atoms with E-state index in [1.165, 1.54) is 0 Å². The summed E-state index contributed by atoms with van der Waals surface area (Å²) >= 11 is 0. The number of likely N-dealkylation sites (N-methyl/N-ethyl adjacent to an activating group) is 1. The lowest BCUT2D eigenvalue weighted by Crippen LogP contribution is -2.47. The third-order valence-electron chi connectivity index (χ3n) is 6.17. The van der Waals surface area contributed by atoms with Crippen molar-refractivity contribution in [3.8, 4) is 0 Å². The Labute approximate surface area is 167 Å². The number of β-amino-alcohol motifs (C(OH)–C–C–N with tert-alkyl or cyclic N) is 1. The summed E-state index contributed by atoms with van der Waals surface area (Å²) in [5, 5.41) is 13.7. The Morgan fingerprint density at radius 2 is 2.11 bits per heavy atom. The van der Waals surface area contributed by atoms with E-state index in [4.69, 9.17) is 9.47 Å². The molecule has 4 rings (SSSR count). The number of aliphatic hydroxyl groups is 1. The largest absolute Gasteiger partial charge is 0.391 e. The zero-order valence-electron chi connectivity index (χ0n) is 17.0. The van der Waals surface area contributed by atoms with Crippen LogP contribution in [0.4, 0.5) is 11.6 Å². The van der Waals surface area contributed by atoms with Gasteiger partial charge in [-0.2, -0.15) is 0 Å². The fourth-order valence-electron chi connectivity index (χ4n) is 4.75. The second-order valence-corrected chi connectivity index (χ2v) is 8.72. The van der Waals surface area contributed by atoms with Crippen LogP contribution in [0.3, 0.4) is 0 Å². The Kier molecular flexibility index (Phi) is 6.01. The average Bonchev–Trinajstić information content (AvgIpc) is 3.04. The number of ether oxygens (including phenoxy) is 2. The maximum absolute atomic E-state index is 10.2. The van der Waals surface area contributed by atoms with Crippen molar-refractivity contribution in [3.63, 3.8) is 0 Å². The van der Waals surface area contributed by atoms with Crippen molar-refractivity contribution in [1.29, 1.82) is 0 Å². The third-order valence-corrected chi connectivity index (χ3v) is 6.17. The summed E-state index contributed by atoms with van der Waals surface area (Å²) < 4.78 is 11.7. The van der Waals surface area contributed by atoms with Gasteiger partial charge in [0.25, 0.3) is 0 Å². The Balaban J connectivity index is 1.37. The lowest BCUT2D eigenvalue weighted by molar-refractivity contribution is -0.171. The number of nitrogens with zero attached hydrogens (tertiary/aromatic N) is 4. The van der Waals surface area contributed by atoms with E-state index in [1.54, 1.807) is 6.33 Å². The molecule has 3 aliphatic rings. The molecule has 0 aromatic carbocycles. The van der Waals surface area contributed by atoms with E-state index in [2.05, 4.69) is 39.2 Å². The summed E-state index contributed by atoms with van der Waals surface area (Å²) in [6, 6.07) is 2.68. The molecule has 0 unspecified atom stereocenters. The number of anilines is 2. The van der Waals surface area contributed by atoms with Crippen LogP contribution in [-0.2, 0) is 9.47 Å². The van der Waals surface area contributed by atoms with Gasteiger partial charge in [-0.3, -0.25) is 0 Å². The molecule has 2 atom stereocenters. The summed E-state index contributed by atoms with van der Waals surface area (Å²) in [4.78, 5) is 13.3. The maximum Gasteiger partial charge on any atom is 0.134 e. The fourth-order valence-corrected chi connectivity index (χ4v) is 4.75. The van der Waals surface area contributed by atoms with Crippen molar-refractivity contribution in [1.82, 2.24) is 14.9 Å². The molecular weight excluding hydrogens is 358 g/mol. The van der Waals surface area contributed by atoms with Gasteiger partial charge in [-0.25, -0.2) is 9.97 Å². The summed E-state index contributed by atoms with van der Waals surface area (Å²) in [5.74, 6) is 1.74. The Morgan fingerprint density at radius 1 is 1.29 bits per heavy atom. The highest BCUT2D eigenvalue weighted by molar-refractivity contribution is 5.50. The number of hydrogen-bond donors (Lipinski definition) is 2. The van der Waals surface area contributed by atoms with E-state index >= 15 is 0 Å².